The van der Waals surface area contributed by atoms with Crippen molar-refractivity contribution in [2.24, 2.45) is 0 Å². The summed E-state index contributed by atoms with van der Waals surface area (Å²) in [6, 6.07) is 82.7. The monoisotopic (exact) mass is 768 g/mol. The fraction of sp³-hybridized carbons (Fsp3) is 0.0164. The lowest BCUT2D eigenvalue weighted by Gasteiger charge is -2.31. The van der Waals surface area contributed by atoms with Gasteiger partial charge in [-0.1, -0.05) is 182 Å². The van der Waals surface area contributed by atoms with Gasteiger partial charge in [0.2, 0.25) is 0 Å². The summed E-state index contributed by atoms with van der Waals surface area (Å²) in [6.07, 6.45) is 0. The van der Waals surface area contributed by atoms with Crippen LogP contribution in [-0.2, 0) is 5.41 Å². The van der Waals surface area contributed by atoms with E-state index in [9.17, 15) is 0 Å². The van der Waals surface area contributed by atoms with E-state index >= 15 is 0 Å². The largest absolute Gasteiger partial charge is 0.0725 e. The summed E-state index contributed by atoms with van der Waals surface area (Å²) < 4.78 is 0. The zero-order valence-corrected chi connectivity index (χ0v) is 33.3. The summed E-state index contributed by atoms with van der Waals surface area (Å²) in [7, 11) is 0. The first-order chi connectivity index (χ1) is 30.2. The summed E-state index contributed by atoms with van der Waals surface area (Å²) in [4.78, 5) is 0. The lowest BCUT2D eigenvalue weighted by Crippen LogP contribution is -2.26. The first kappa shape index (κ1) is 33.1. The fourth-order valence-electron chi connectivity index (χ4n) is 11.5. The second kappa shape index (κ2) is 12.1. The predicted molar refractivity (Wildman–Crippen MR) is 259 cm³/mol. The van der Waals surface area contributed by atoms with Gasteiger partial charge < -0.3 is 0 Å². The third-order valence-electron chi connectivity index (χ3n) is 14.2. The van der Waals surface area contributed by atoms with Crippen LogP contribution in [0.5, 0.6) is 0 Å². The Balaban J connectivity index is 1.01. The molecule has 14 rings (SSSR count). The van der Waals surface area contributed by atoms with Gasteiger partial charge in [0, 0.05) is 0 Å². The molecule has 1 spiro atoms. The molecule has 61 heavy (non-hydrogen) atoms. The van der Waals surface area contributed by atoms with Crippen LogP contribution in [-0.4, -0.2) is 0 Å². The molecule has 12 aromatic carbocycles. The number of hydrogen-bond acceptors (Lipinski definition) is 0. The van der Waals surface area contributed by atoms with E-state index in [1.165, 1.54) is 131 Å². The topological polar surface area (TPSA) is 0 Å². The van der Waals surface area contributed by atoms with Crippen LogP contribution in [0.25, 0.3) is 109 Å². The molecule has 12 aromatic rings. The van der Waals surface area contributed by atoms with Gasteiger partial charge in [0.05, 0.1) is 5.41 Å². The molecule has 2 aliphatic carbocycles. The van der Waals surface area contributed by atoms with Crippen LogP contribution in [0, 0.1) is 0 Å². The third kappa shape index (κ3) is 4.44. The van der Waals surface area contributed by atoms with Crippen molar-refractivity contribution < 1.29 is 0 Å². The maximum absolute atomic E-state index is 2.53. The third-order valence-corrected chi connectivity index (χ3v) is 14.2. The van der Waals surface area contributed by atoms with Crippen molar-refractivity contribution in [2.45, 2.75) is 5.41 Å². The van der Waals surface area contributed by atoms with Crippen LogP contribution >= 0.6 is 0 Å². The Kier molecular flexibility index (Phi) is 6.58. The van der Waals surface area contributed by atoms with Crippen LogP contribution in [0.1, 0.15) is 22.3 Å². The maximum atomic E-state index is 2.53. The molecule has 0 saturated carbocycles. The molecule has 280 valence electrons. The van der Waals surface area contributed by atoms with E-state index in [0.29, 0.717) is 0 Å². The number of fused-ring (bicyclic) bond motifs is 18. The summed E-state index contributed by atoms with van der Waals surface area (Å²) in [6.45, 7) is 0. The van der Waals surface area contributed by atoms with Gasteiger partial charge in [-0.15, -0.1) is 0 Å². The minimum absolute atomic E-state index is 0.476. The Morgan fingerprint density at radius 2 is 0.557 bits per heavy atom. The lowest BCUT2D eigenvalue weighted by molar-refractivity contribution is 0.794. The van der Waals surface area contributed by atoms with E-state index in [-0.39, 0.29) is 0 Å². The van der Waals surface area contributed by atoms with Crippen molar-refractivity contribution >= 4 is 64.6 Å². The zero-order valence-electron chi connectivity index (χ0n) is 33.3. The van der Waals surface area contributed by atoms with Gasteiger partial charge in [-0.25, -0.2) is 0 Å². The van der Waals surface area contributed by atoms with Crippen LogP contribution in [0.15, 0.2) is 218 Å². The van der Waals surface area contributed by atoms with Gasteiger partial charge in [0.15, 0.2) is 0 Å². The first-order valence-corrected chi connectivity index (χ1v) is 21.4. The molecule has 0 heteroatoms. The van der Waals surface area contributed by atoms with Gasteiger partial charge in [-0.2, -0.15) is 0 Å². The van der Waals surface area contributed by atoms with Gasteiger partial charge in [0.1, 0.15) is 0 Å². The summed E-state index contributed by atoms with van der Waals surface area (Å²) in [5.74, 6) is 0. The molecular formula is C61H36. The molecule has 0 unspecified atom stereocenters. The second-order valence-corrected chi connectivity index (χ2v) is 17.1. The maximum Gasteiger partial charge on any atom is 0.0725 e. The minimum atomic E-state index is -0.476. The van der Waals surface area contributed by atoms with Crippen LogP contribution in [0.3, 0.4) is 0 Å². The average molecular weight is 769 g/mol. The molecule has 0 bridgehead atoms. The first-order valence-electron chi connectivity index (χ1n) is 21.4. The quantitative estimate of drug-likeness (QED) is 0.121. The lowest BCUT2D eigenvalue weighted by atomic mass is 9.70. The van der Waals surface area contributed by atoms with E-state index in [0.717, 1.165) is 0 Å². The van der Waals surface area contributed by atoms with E-state index in [1.54, 1.807) is 0 Å². The van der Waals surface area contributed by atoms with Crippen molar-refractivity contribution in [3.8, 4) is 44.5 Å². The molecule has 0 fully saturated rings. The summed E-state index contributed by atoms with van der Waals surface area (Å²) in [5.41, 5.74) is 15.2. The molecule has 0 aromatic heterocycles. The molecular weight excluding hydrogens is 733 g/mol. The molecule has 0 amide bonds. The zero-order chi connectivity index (χ0) is 39.8. The standard InChI is InChI=1S/C61H36/c1-3-15-45-37(11-1)23-25-41-33-53-39(31-55(41)45)13-9-19-47(53)43-27-29-51-49-17-5-7-21-57(49)61(59(51)35-43)58-22-8-6-18-50(58)52-30-28-44(36-60(52)61)48-20-10-14-40-32-56-42(34-54(40)48)26-24-38-12-2-4-16-46(38)56/h1-36H. The van der Waals surface area contributed by atoms with Crippen molar-refractivity contribution in [1.29, 1.82) is 0 Å². The van der Waals surface area contributed by atoms with E-state index in [1.807, 2.05) is 0 Å². The van der Waals surface area contributed by atoms with Crippen molar-refractivity contribution in [1.82, 2.24) is 0 Å². The van der Waals surface area contributed by atoms with E-state index in [2.05, 4.69) is 218 Å². The highest BCUT2D eigenvalue weighted by molar-refractivity contribution is 6.16. The van der Waals surface area contributed by atoms with Crippen molar-refractivity contribution in [3.63, 3.8) is 0 Å². The van der Waals surface area contributed by atoms with Gasteiger partial charge in [-0.3, -0.25) is 0 Å². The number of benzene rings is 12. The molecule has 0 heterocycles. The van der Waals surface area contributed by atoms with Gasteiger partial charge >= 0.3 is 0 Å². The van der Waals surface area contributed by atoms with Crippen LogP contribution in [0.2, 0.25) is 0 Å². The predicted octanol–water partition coefficient (Wildman–Crippen LogP) is 16.3. The molecule has 0 N–H and O–H groups in total. The minimum Gasteiger partial charge on any atom is -0.0619 e. The Morgan fingerprint density at radius 1 is 0.197 bits per heavy atom. The Morgan fingerprint density at radius 3 is 1.07 bits per heavy atom. The van der Waals surface area contributed by atoms with Gasteiger partial charge in [-0.05, 0) is 168 Å². The second-order valence-electron chi connectivity index (χ2n) is 17.1. The number of hydrogen-bond donors (Lipinski definition) is 0. The highest BCUT2D eigenvalue weighted by atomic mass is 14.5. The summed E-state index contributed by atoms with van der Waals surface area (Å²) >= 11 is 0. The van der Waals surface area contributed by atoms with E-state index in [4.69, 9.17) is 0 Å². The Labute approximate surface area is 353 Å². The fourth-order valence-corrected chi connectivity index (χ4v) is 11.5. The molecule has 0 nitrogen and oxygen atoms in total. The molecule has 0 saturated heterocycles. The van der Waals surface area contributed by atoms with Crippen molar-refractivity contribution in [3.05, 3.63) is 241 Å². The SMILES string of the molecule is c1ccc2c(c1)-c1ccc(-c3cccc4cc5c(ccc6ccccc65)cc34)cc1C21c2ccccc2-c2ccc(-c3cccc4cc5c(ccc6ccccc65)cc34)cc21. The Bertz CT molecular complexity index is 3630. The van der Waals surface area contributed by atoms with Gasteiger partial charge in [0.25, 0.3) is 0 Å². The molecule has 0 radical (unpaired) electrons. The highest BCUT2D eigenvalue weighted by Crippen LogP contribution is 2.63. The summed E-state index contributed by atoms with van der Waals surface area (Å²) in [5, 5.41) is 15.4. The normalized spacial score (nSPS) is 13.4. The average Bonchev–Trinajstić information content (AvgIpc) is 3.79. The van der Waals surface area contributed by atoms with E-state index < -0.39 is 5.41 Å². The smallest absolute Gasteiger partial charge is 0.0619 e. The molecule has 2 aliphatic rings. The highest BCUT2D eigenvalue weighted by Gasteiger charge is 2.51. The molecule has 0 atom stereocenters. The van der Waals surface area contributed by atoms with Crippen LogP contribution < -0.4 is 0 Å². The van der Waals surface area contributed by atoms with Crippen LogP contribution in [0.4, 0.5) is 0 Å². The molecule has 0 aliphatic heterocycles. The Hall–Kier alpha value is -7.80. The number of rotatable bonds is 2. The van der Waals surface area contributed by atoms with Crippen molar-refractivity contribution in [2.75, 3.05) is 0 Å².